The number of amides is 1. The molecule has 1 aliphatic heterocycles. The van der Waals surface area contributed by atoms with Crippen LogP contribution >= 0.6 is 11.6 Å². The van der Waals surface area contributed by atoms with Crippen LogP contribution in [0, 0.1) is 20.8 Å². The lowest BCUT2D eigenvalue weighted by atomic mass is 9.84. The molecule has 0 aliphatic carbocycles. The summed E-state index contributed by atoms with van der Waals surface area (Å²) in [6, 6.07) is 13.0. The van der Waals surface area contributed by atoms with Gasteiger partial charge in [-0.15, -0.1) is 0 Å². The van der Waals surface area contributed by atoms with Crippen LogP contribution in [0.25, 0.3) is 5.69 Å². The lowest BCUT2D eigenvalue weighted by molar-refractivity contribution is -0.116. The van der Waals surface area contributed by atoms with Crippen LogP contribution in [-0.4, -0.2) is 21.5 Å². The fourth-order valence-corrected chi connectivity index (χ4v) is 4.03. The molecule has 0 radical (unpaired) electrons. The summed E-state index contributed by atoms with van der Waals surface area (Å²) < 4.78 is 1.65. The lowest BCUT2D eigenvalue weighted by Crippen LogP contribution is -2.28. The van der Waals surface area contributed by atoms with Gasteiger partial charge in [0.1, 0.15) is 5.82 Å². The number of aryl methyl sites for hydroxylation is 3. The zero-order valence-electron chi connectivity index (χ0n) is 15.9. The van der Waals surface area contributed by atoms with Crippen LogP contribution in [0.3, 0.4) is 0 Å². The molecule has 5 nitrogen and oxygen atoms in total. The van der Waals surface area contributed by atoms with E-state index in [9.17, 15) is 9.59 Å². The normalized spacial score (nSPS) is 15.9. The number of Topliss-reactive ketones (excluding diaryl/α,β-unsaturated/α-hetero) is 1. The van der Waals surface area contributed by atoms with Gasteiger partial charge in [-0.25, -0.2) is 4.68 Å². The molecule has 142 valence electrons. The molecule has 3 aromatic rings. The predicted molar refractivity (Wildman–Crippen MR) is 110 cm³/mol. The van der Waals surface area contributed by atoms with Crippen molar-refractivity contribution in [2.45, 2.75) is 33.1 Å². The SMILES string of the molecule is Cc1ccc(C(=O)C2CC(=O)Nc3c2c(C)nn3-c2cccc(Cl)c2)c(C)c1. The van der Waals surface area contributed by atoms with Gasteiger partial charge in [-0.05, 0) is 44.5 Å². The Labute approximate surface area is 168 Å². The monoisotopic (exact) mass is 393 g/mol. The van der Waals surface area contributed by atoms with Gasteiger partial charge >= 0.3 is 0 Å². The lowest BCUT2D eigenvalue weighted by Gasteiger charge is -2.23. The molecule has 0 fully saturated rings. The number of carbonyl (C=O) groups excluding carboxylic acids is 2. The van der Waals surface area contributed by atoms with Gasteiger partial charge in [0.2, 0.25) is 5.91 Å². The van der Waals surface area contributed by atoms with Crippen LogP contribution < -0.4 is 5.32 Å². The Morgan fingerprint density at radius 3 is 2.68 bits per heavy atom. The largest absolute Gasteiger partial charge is 0.310 e. The highest BCUT2D eigenvalue weighted by Gasteiger charge is 2.36. The van der Waals surface area contributed by atoms with Crippen molar-refractivity contribution < 1.29 is 9.59 Å². The molecule has 1 N–H and O–H groups in total. The number of ketones is 1. The molecule has 1 atom stereocenters. The van der Waals surface area contributed by atoms with E-state index in [2.05, 4.69) is 10.4 Å². The molecular formula is C22H20ClN3O2. The standard InChI is InChI=1S/C22H20ClN3O2/c1-12-7-8-17(13(2)9-12)21(28)18-11-19(27)24-22-20(18)14(3)25-26(22)16-6-4-5-15(23)10-16/h4-10,18H,11H2,1-3H3,(H,24,27). The van der Waals surface area contributed by atoms with E-state index in [1.807, 2.05) is 51.1 Å². The Balaban J connectivity index is 1.83. The van der Waals surface area contributed by atoms with Crippen LogP contribution in [0.4, 0.5) is 5.82 Å². The summed E-state index contributed by atoms with van der Waals surface area (Å²) in [7, 11) is 0. The minimum Gasteiger partial charge on any atom is -0.310 e. The van der Waals surface area contributed by atoms with Crippen molar-refractivity contribution in [2.75, 3.05) is 5.32 Å². The topological polar surface area (TPSA) is 64.0 Å². The number of fused-ring (bicyclic) bond motifs is 1. The van der Waals surface area contributed by atoms with Crippen molar-refractivity contribution in [3.63, 3.8) is 0 Å². The van der Waals surface area contributed by atoms with Crippen molar-refractivity contribution in [2.24, 2.45) is 0 Å². The van der Waals surface area contributed by atoms with Crippen molar-refractivity contribution in [3.05, 3.63) is 75.4 Å². The molecule has 1 aliphatic rings. The maximum absolute atomic E-state index is 13.4. The number of hydrogen-bond acceptors (Lipinski definition) is 3. The second kappa shape index (κ2) is 6.91. The molecule has 1 unspecified atom stereocenters. The Hall–Kier alpha value is -2.92. The van der Waals surface area contributed by atoms with Crippen molar-refractivity contribution in [1.29, 1.82) is 0 Å². The van der Waals surface area contributed by atoms with Crippen LogP contribution in [0.15, 0.2) is 42.5 Å². The minimum atomic E-state index is -0.557. The van der Waals surface area contributed by atoms with E-state index >= 15 is 0 Å². The van der Waals surface area contributed by atoms with Crippen molar-refractivity contribution in [1.82, 2.24) is 9.78 Å². The Morgan fingerprint density at radius 2 is 1.96 bits per heavy atom. The summed E-state index contributed by atoms with van der Waals surface area (Å²) in [6.07, 6.45) is 0.112. The third kappa shape index (κ3) is 3.12. The van der Waals surface area contributed by atoms with E-state index in [4.69, 9.17) is 11.6 Å². The Bertz CT molecular complexity index is 1120. The highest BCUT2D eigenvalue weighted by molar-refractivity contribution is 6.30. The first-order valence-electron chi connectivity index (χ1n) is 9.12. The maximum Gasteiger partial charge on any atom is 0.226 e. The summed E-state index contributed by atoms with van der Waals surface area (Å²) in [5.74, 6) is -0.265. The number of nitrogens with one attached hydrogen (secondary N) is 1. The van der Waals surface area contributed by atoms with Crippen molar-refractivity contribution in [3.8, 4) is 5.69 Å². The summed E-state index contributed by atoms with van der Waals surface area (Å²) in [5, 5.41) is 8.06. The fourth-order valence-electron chi connectivity index (χ4n) is 3.84. The third-order valence-electron chi connectivity index (χ3n) is 5.12. The van der Waals surface area contributed by atoms with Crippen LogP contribution in [0.1, 0.15) is 45.1 Å². The fraction of sp³-hybridized carbons (Fsp3) is 0.227. The number of anilines is 1. The van der Waals surface area contributed by atoms with Crippen molar-refractivity contribution >= 4 is 29.1 Å². The van der Waals surface area contributed by atoms with Gasteiger partial charge < -0.3 is 5.32 Å². The van der Waals surface area contributed by atoms with Gasteiger partial charge in [0.25, 0.3) is 0 Å². The van der Waals surface area contributed by atoms with E-state index in [0.717, 1.165) is 28.1 Å². The number of benzene rings is 2. The zero-order valence-corrected chi connectivity index (χ0v) is 16.7. The Morgan fingerprint density at radius 1 is 1.18 bits per heavy atom. The highest BCUT2D eigenvalue weighted by Crippen LogP contribution is 2.38. The molecule has 2 aromatic carbocycles. The molecule has 1 aromatic heterocycles. The molecule has 0 saturated heterocycles. The van der Waals surface area contributed by atoms with Gasteiger partial charge in [-0.1, -0.05) is 41.4 Å². The Kier molecular flexibility index (Phi) is 4.55. The number of nitrogens with zero attached hydrogens (tertiary/aromatic N) is 2. The molecule has 0 bridgehead atoms. The first-order valence-corrected chi connectivity index (χ1v) is 9.49. The van der Waals surface area contributed by atoms with E-state index in [0.29, 0.717) is 16.4 Å². The number of aromatic nitrogens is 2. The van der Waals surface area contributed by atoms with E-state index in [1.165, 1.54) is 0 Å². The van der Waals surface area contributed by atoms with Crippen LogP contribution in [-0.2, 0) is 4.79 Å². The summed E-state index contributed by atoms with van der Waals surface area (Å²) in [6.45, 7) is 5.78. The molecule has 6 heteroatoms. The summed E-state index contributed by atoms with van der Waals surface area (Å²) in [4.78, 5) is 25.8. The van der Waals surface area contributed by atoms with E-state index < -0.39 is 5.92 Å². The molecule has 28 heavy (non-hydrogen) atoms. The molecule has 1 amide bonds. The maximum atomic E-state index is 13.4. The van der Waals surface area contributed by atoms with Gasteiger partial charge in [0.15, 0.2) is 5.78 Å². The highest BCUT2D eigenvalue weighted by atomic mass is 35.5. The number of hydrogen-bond donors (Lipinski definition) is 1. The van der Waals surface area contributed by atoms with Gasteiger partial charge in [0, 0.05) is 22.6 Å². The first kappa shape index (κ1) is 18.4. The molecular weight excluding hydrogens is 374 g/mol. The smallest absolute Gasteiger partial charge is 0.226 e. The molecule has 0 spiro atoms. The van der Waals surface area contributed by atoms with E-state index in [1.54, 1.807) is 16.8 Å². The zero-order chi connectivity index (χ0) is 20.0. The van der Waals surface area contributed by atoms with E-state index in [-0.39, 0.29) is 18.1 Å². The molecule has 2 heterocycles. The predicted octanol–water partition coefficient (Wildman–Crippen LogP) is 4.76. The number of halogens is 1. The first-order chi connectivity index (χ1) is 13.3. The molecule has 0 saturated carbocycles. The van der Waals surface area contributed by atoms with Gasteiger partial charge in [-0.2, -0.15) is 5.10 Å². The molecule has 4 rings (SSSR count). The minimum absolute atomic E-state index is 0.0534. The van der Waals surface area contributed by atoms with Gasteiger partial charge in [0.05, 0.1) is 17.3 Å². The number of carbonyl (C=O) groups is 2. The van der Waals surface area contributed by atoms with Crippen LogP contribution in [0.5, 0.6) is 0 Å². The second-order valence-electron chi connectivity index (χ2n) is 7.23. The average molecular weight is 394 g/mol. The van der Waals surface area contributed by atoms with Crippen LogP contribution in [0.2, 0.25) is 5.02 Å². The number of rotatable bonds is 3. The second-order valence-corrected chi connectivity index (χ2v) is 7.66. The summed E-state index contributed by atoms with van der Waals surface area (Å²) >= 11 is 6.12. The summed E-state index contributed by atoms with van der Waals surface area (Å²) in [5.41, 5.74) is 4.88. The quantitative estimate of drug-likeness (QED) is 0.652. The van der Waals surface area contributed by atoms with Gasteiger partial charge in [-0.3, -0.25) is 9.59 Å². The third-order valence-corrected chi connectivity index (χ3v) is 5.35. The average Bonchev–Trinajstić information content (AvgIpc) is 2.97.